The maximum Gasteiger partial charge on any atom is 0.00191 e. The second-order valence-electron chi connectivity index (χ2n) is 6.08. The Morgan fingerprint density at radius 2 is 1.72 bits per heavy atom. The molecule has 1 heteroatoms. The summed E-state index contributed by atoms with van der Waals surface area (Å²) in [5, 5.41) is 0. The highest BCUT2D eigenvalue weighted by molar-refractivity contribution is 5.30. The van der Waals surface area contributed by atoms with Gasteiger partial charge >= 0.3 is 0 Å². The predicted molar refractivity (Wildman–Crippen MR) is 76.7 cm³/mol. The highest BCUT2D eigenvalue weighted by atomic mass is 15.2. The van der Waals surface area contributed by atoms with Crippen LogP contribution >= 0.6 is 0 Å². The second kappa shape index (κ2) is 5.44. The zero-order chi connectivity index (χ0) is 12.4. The molecule has 2 aliphatic rings. The zero-order valence-electron chi connectivity index (χ0n) is 11.5. The molecule has 98 valence electrons. The fraction of sp³-hybridized carbons (Fsp3) is 0.647. The molecule has 0 aromatic heterocycles. The molecule has 1 saturated carbocycles. The number of likely N-dealkylation sites (tertiary alicyclic amines) is 1. The predicted octanol–water partition coefficient (Wildman–Crippen LogP) is 3.91. The minimum absolute atomic E-state index is 0.887. The maximum absolute atomic E-state index is 2.70. The van der Waals surface area contributed by atoms with E-state index >= 15 is 0 Å². The highest BCUT2D eigenvalue weighted by Gasteiger charge is 2.55. The first-order chi connectivity index (χ1) is 8.90. The summed E-state index contributed by atoms with van der Waals surface area (Å²) >= 11 is 0. The Morgan fingerprint density at radius 1 is 1.00 bits per heavy atom. The number of benzene rings is 1. The minimum Gasteiger partial charge on any atom is -0.303 e. The molecule has 0 amide bonds. The largest absolute Gasteiger partial charge is 0.303 e. The van der Waals surface area contributed by atoms with Crippen LogP contribution in [0.3, 0.4) is 0 Å². The summed E-state index contributed by atoms with van der Waals surface area (Å²) in [6.07, 6.45) is 5.59. The fourth-order valence-electron chi connectivity index (χ4n) is 3.73. The van der Waals surface area contributed by atoms with Gasteiger partial charge in [0.05, 0.1) is 0 Å². The van der Waals surface area contributed by atoms with Crippen molar-refractivity contribution in [1.29, 1.82) is 0 Å². The number of nitrogens with zero attached hydrogens (tertiary/aromatic N) is 1. The van der Waals surface area contributed by atoms with E-state index in [1.165, 1.54) is 45.3 Å². The Hall–Kier alpha value is -0.820. The molecule has 2 atom stereocenters. The number of unbranched alkanes of at least 4 members (excludes halogenated alkanes) is 3. The van der Waals surface area contributed by atoms with Gasteiger partial charge in [-0.1, -0.05) is 56.5 Å². The van der Waals surface area contributed by atoms with Gasteiger partial charge in [0.15, 0.2) is 0 Å². The Kier molecular flexibility index (Phi) is 3.69. The summed E-state index contributed by atoms with van der Waals surface area (Å²) in [6.45, 7) is 6.34. The summed E-state index contributed by atoms with van der Waals surface area (Å²) < 4.78 is 0. The molecule has 1 aromatic rings. The van der Waals surface area contributed by atoms with Gasteiger partial charge in [0.25, 0.3) is 0 Å². The van der Waals surface area contributed by atoms with Gasteiger partial charge < -0.3 is 4.90 Å². The molecule has 1 heterocycles. The van der Waals surface area contributed by atoms with E-state index in [1.54, 1.807) is 5.56 Å². The third kappa shape index (κ3) is 2.47. The number of fused-ring (bicyclic) bond motifs is 1. The van der Waals surface area contributed by atoms with Crippen LogP contribution < -0.4 is 0 Å². The molecule has 0 spiro atoms. The highest BCUT2D eigenvalue weighted by Crippen LogP contribution is 2.58. The Balaban J connectivity index is 1.42. The average Bonchev–Trinajstić information content (AvgIpc) is 2.92. The third-order valence-corrected chi connectivity index (χ3v) is 4.78. The molecule has 1 aromatic carbocycles. The first kappa shape index (κ1) is 12.2. The molecule has 18 heavy (non-hydrogen) atoms. The van der Waals surface area contributed by atoms with E-state index in [4.69, 9.17) is 0 Å². The standard InChI is InChI=1S/C17H25N/c1-2-3-4-8-11-18-12-15-16(13-18)17(15)14-9-6-5-7-10-14/h5-7,9-10,15-17H,2-4,8,11-13H2,1H3. The summed E-state index contributed by atoms with van der Waals surface area (Å²) in [7, 11) is 0. The van der Waals surface area contributed by atoms with Crippen molar-refractivity contribution in [2.45, 2.75) is 38.5 Å². The van der Waals surface area contributed by atoms with E-state index in [0.717, 1.165) is 17.8 Å². The molecular formula is C17H25N. The van der Waals surface area contributed by atoms with Crippen LogP contribution in [0, 0.1) is 11.8 Å². The van der Waals surface area contributed by atoms with E-state index in [0.29, 0.717) is 0 Å². The summed E-state index contributed by atoms with van der Waals surface area (Å²) in [6, 6.07) is 11.1. The molecule has 2 fully saturated rings. The van der Waals surface area contributed by atoms with Crippen LogP contribution in [-0.4, -0.2) is 24.5 Å². The fourth-order valence-corrected chi connectivity index (χ4v) is 3.73. The summed E-state index contributed by atoms with van der Waals surface area (Å²) in [5.41, 5.74) is 1.58. The normalized spacial score (nSPS) is 30.4. The van der Waals surface area contributed by atoms with E-state index in [-0.39, 0.29) is 0 Å². The monoisotopic (exact) mass is 243 g/mol. The number of rotatable bonds is 6. The molecule has 2 unspecified atom stereocenters. The first-order valence-electron chi connectivity index (χ1n) is 7.67. The minimum atomic E-state index is 0.887. The van der Waals surface area contributed by atoms with E-state index in [1.807, 2.05) is 0 Å². The van der Waals surface area contributed by atoms with Crippen LogP contribution in [0.1, 0.15) is 44.1 Å². The molecule has 1 nitrogen and oxygen atoms in total. The summed E-state index contributed by atoms with van der Waals surface area (Å²) in [5.74, 6) is 2.83. The van der Waals surface area contributed by atoms with Gasteiger partial charge in [0.2, 0.25) is 0 Å². The van der Waals surface area contributed by atoms with Gasteiger partial charge in [-0.3, -0.25) is 0 Å². The third-order valence-electron chi connectivity index (χ3n) is 4.78. The SMILES string of the molecule is CCCCCCN1CC2C(C1)C2c1ccccc1. The lowest BCUT2D eigenvalue weighted by atomic mass is 10.1. The van der Waals surface area contributed by atoms with Gasteiger partial charge in [-0.15, -0.1) is 0 Å². The van der Waals surface area contributed by atoms with Crippen LogP contribution in [0.5, 0.6) is 0 Å². The molecule has 1 aliphatic heterocycles. The lowest BCUT2D eigenvalue weighted by molar-refractivity contribution is 0.290. The van der Waals surface area contributed by atoms with Crippen molar-refractivity contribution in [2.24, 2.45) is 11.8 Å². The van der Waals surface area contributed by atoms with Crippen LogP contribution in [0.15, 0.2) is 30.3 Å². The van der Waals surface area contributed by atoms with Crippen molar-refractivity contribution in [3.8, 4) is 0 Å². The van der Waals surface area contributed by atoms with Crippen LogP contribution in [0.4, 0.5) is 0 Å². The smallest absolute Gasteiger partial charge is 0.00191 e. The molecule has 3 rings (SSSR count). The molecule has 1 saturated heterocycles. The number of hydrogen-bond acceptors (Lipinski definition) is 1. The lowest BCUT2D eigenvalue weighted by Gasteiger charge is -2.19. The van der Waals surface area contributed by atoms with Crippen LogP contribution in [0.25, 0.3) is 0 Å². The van der Waals surface area contributed by atoms with Crippen molar-refractivity contribution in [3.05, 3.63) is 35.9 Å². The van der Waals surface area contributed by atoms with Gasteiger partial charge in [-0.2, -0.15) is 0 Å². The van der Waals surface area contributed by atoms with Gasteiger partial charge in [-0.05, 0) is 36.3 Å². The summed E-state index contributed by atoms with van der Waals surface area (Å²) in [4.78, 5) is 2.70. The Labute approximate surface area is 111 Å². The molecule has 0 radical (unpaired) electrons. The number of hydrogen-bond donors (Lipinski definition) is 0. The van der Waals surface area contributed by atoms with Crippen LogP contribution in [-0.2, 0) is 0 Å². The van der Waals surface area contributed by atoms with Crippen molar-refractivity contribution < 1.29 is 0 Å². The quantitative estimate of drug-likeness (QED) is 0.685. The number of piperidine rings is 1. The van der Waals surface area contributed by atoms with Crippen molar-refractivity contribution >= 4 is 0 Å². The van der Waals surface area contributed by atoms with Gasteiger partial charge in [0, 0.05) is 13.1 Å². The lowest BCUT2D eigenvalue weighted by Crippen LogP contribution is -2.25. The molecule has 0 N–H and O–H groups in total. The average molecular weight is 243 g/mol. The van der Waals surface area contributed by atoms with Gasteiger partial charge in [0.1, 0.15) is 0 Å². The van der Waals surface area contributed by atoms with E-state index in [9.17, 15) is 0 Å². The molecule has 0 bridgehead atoms. The molecular weight excluding hydrogens is 218 g/mol. The molecule has 1 aliphatic carbocycles. The van der Waals surface area contributed by atoms with E-state index in [2.05, 4.69) is 42.2 Å². The van der Waals surface area contributed by atoms with E-state index < -0.39 is 0 Å². The van der Waals surface area contributed by atoms with Crippen LogP contribution in [0.2, 0.25) is 0 Å². The zero-order valence-corrected chi connectivity index (χ0v) is 11.5. The Morgan fingerprint density at radius 3 is 2.39 bits per heavy atom. The van der Waals surface area contributed by atoms with Gasteiger partial charge in [-0.25, -0.2) is 0 Å². The van der Waals surface area contributed by atoms with Crippen molar-refractivity contribution in [3.63, 3.8) is 0 Å². The first-order valence-corrected chi connectivity index (χ1v) is 7.67. The second-order valence-corrected chi connectivity index (χ2v) is 6.08. The maximum atomic E-state index is 2.70. The van der Waals surface area contributed by atoms with Crippen molar-refractivity contribution in [1.82, 2.24) is 4.90 Å². The van der Waals surface area contributed by atoms with Crippen molar-refractivity contribution in [2.75, 3.05) is 19.6 Å². The Bertz CT molecular complexity index is 360. The topological polar surface area (TPSA) is 3.24 Å².